The predicted octanol–water partition coefficient (Wildman–Crippen LogP) is 13.3. The lowest BCUT2D eigenvalue weighted by Crippen LogP contribution is -2.66. The number of esters is 1. The van der Waals surface area contributed by atoms with Crippen LogP contribution in [0.5, 0.6) is 0 Å². The molecule has 3 rings (SSSR count). The number of hydrogen-bond donors (Lipinski definition) is 7. The van der Waals surface area contributed by atoms with Crippen LogP contribution in [0.4, 0.5) is 0 Å². The molecule has 0 aromatic carbocycles. The van der Waals surface area contributed by atoms with Gasteiger partial charge in [-0.05, 0) is 225 Å². The van der Waals surface area contributed by atoms with Gasteiger partial charge in [-0.2, -0.15) is 0 Å². The van der Waals surface area contributed by atoms with E-state index in [0.717, 1.165) is 128 Å². The maximum absolute atomic E-state index is 13.0. The summed E-state index contributed by atoms with van der Waals surface area (Å²) in [6.45, 7) is 28.0. The molecule has 0 aromatic heterocycles. The van der Waals surface area contributed by atoms with Crippen LogP contribution in [-0.2, 0) is 55.7 Å². The van der Waals surface area contributed by atoms with Crippen molar-refractivity contribution in [2.45, 2.75) is 324 Å². The minimum atomic E-state index is -6.01. The van der Waals surface area contributed by atoms with E-state index in [-0.39, 0.29) is 0 Å². The first kappa shape index (κ1) is 88.6. The minimum Gasteiger partial charge on any atom is -0.756 e. The van der Waals surface area contributed by atoms with Crippen LogP contribution in [0.3, 0.4) is 0 Å². The van der Waals surface area contributed by atoms with E-state index < -0.39 is 127 Å². The third kappa shape index (κ3) is 34.6. The molecule has 3 fully saturated rings. The average Bonchev–Trinajstić information content (AvgIpc) is 0.779. The lowest BCUT2D eigenvalue weighted by Gasteiger charge is -2.48. The number of allylic oxidation sites excluding steroid dienone is 21. The van der Waals surface area contributed by atoms with Crippen molar-refractivity contribution in [3.05, 3.63) is 128 Å². The zero-order valence-electron chi connectivity index (χ0n) is 61.3. The number of aliphatic hydroxyl groups excluding tert-OH is 7. The van der Waals surface area contributed by atoms with Gasteiger partial charge >= 0.3 is 5.97 Å². The molecule has 3 saturated heterocycles. The van der Waals surface area contributed by atoms with E-state index in [0.29, 0.717) is 18.4 Å². The second-order valence-electron chi connectivity index (χ2n) is 27.2. The Labute approximate surface area is 586 Å². The first-order chi connectivity index (χ1) is 46.1. The average molecular weight is 1420 g/mol. The normalized spacial score (nSPS) is 29.4. The van der Waals surface area contributed by atoms with E-state index in [1.807, 2.05) is 6.92 Å². The summed E-state index contributed by atoms with van der Waals surface area (Å²) < 4.78 is 73.0. The summed E-state index contributed by atoms with van der Waals surface area (Å²) >= 11 is 0. The highest BCUT2D eigenvalue weighted by molar-refractivity contribution is 7.59. The fourth-order valence-corrected chi connectivity index (χ4v) is 13.5. The molecule has 0 bridgehead atoms. The fourth-order valence-electron chi connectivity index (χ4n) is 11.4. The molecule has 3 aliphatic rings. The monoisotopic (exact) mass is 1420 g/mol. The summed E-state index contributed by atoms with van der Waals surface area (Å²) in [6.07, 6.45) is 19.5. The van der Waals surface area contributed by atoms with Crippen molar-refractivity contribution in [3.63, 3.8) is 0 Å². The van der Waals surface area contributed by atoms with Crippen molar-refractivity contribution in [3.8, 4) is 0 Å². The molecule has 2 unspecified atom stereocenters. The molecule has 560 valence electrons. The quantitative estimate of drug-likeness (QED) is 0.0169. The van der Waals surface area contributed by atoms with Gasteiger partial charge in [-0.3, -0.25) is 18.4 Å². The molecule has 23 heteroatoms. The lowest BCUT2D eigenvalue weighted by atomic mass is 9.96. The highest BCUT2D eigenvalue weighted by Gasteiger charge is 2.54. The van der Waals surface area contributed by atoms with Gasteiger partial charge in [0.25, 0.3) is 15.6 Å². The van der Waals surface area contributed by atoms with Gasteiger partial charge in [-0.15, -0.1) is 0 Å². The molecule has 0 saturated carbocycles. The van der Waals surface area contributed by atoms with Crippen LogP contribution >= 0.6 is 15.6 Å². The Morgan fingerprint density at radius 1 is 0.398 bits per heavy atom. The number of rotatable bonds is 43. The van der Waals surface area contributed by atoms with E-state index in [2.05, 4.69) is 134 Å². The molecule has 17 atom stereocenters. The Morgan fingerprint density at radius 2 is 0.745 bits per heavy atom. The molecular weight excluding hydrogens is 1300 g/mol. The smallest absolute Gasteiger partial charge is 0.303 e. The number of carbonyl (C=O) groups is 1. The van der Waals surface area contributed by atoms with Crippen molar-refractivity contribution in [2.24, 2.45) is 0 Å². The number of hydrogen-bond acceptors (Lipinski definition) is 21. The lowest BCUT2D eigenvalue weighted by molar-refractivity contribution is -0.374. The Kier molecular flexibility index (Phi) is 41.8. The number of carbonyl (C=O) groups excluding carboxylic acids is 1. The van der Waals surface area contributed by atoms with Crippen LogP contribution in [0.25, 0.3) is 0 Å². The first-order valence-electron chi connectivity index (χ1n) is 35.1. The van der Waals surface area contributed by atoms with Gasteiger partial charge in [-0.25, -0.2) is 4.31 Å². The van der Waals surface area contributed by atoms with E-state index in [9.17, 15) is 59.5 Å². The Hall–Kier alpha value is -3.61. The van der Waals surface area contributed by atoms with E-state index >= 15 is 0 Å². The molecule has 21 nitrogen and oxygen atoms in total. The van der Waals surface area contributed by atoms with Crippen molar-refractivity contribution in [1.82, 2.24) is 0 Å². The highest BCUT2D eigenvalue weighted by Crippen LogP contribution is 2.57. The molecule has 3 aliphatic heterocycles. The fraction of sp³-hybridized carbons (Fsp3) is 0.693. The Bertz CT molecular complexity index is 2880. The van der Waals surface area contributed by atoms with Crippen molar-refractivity contribution >= 4 is 21.6 Å². The third-order valence-corrected chi connectivity index (χ3v) is 20.5. The first-order valence-corrected chi connectivity index (χ1v) is 38.1. The van der Waals surface area contributed by atoms with Crippen LogP contribution in [0.15, 0.2) is 128 Å². The van der Waals surface area contributed by atoms with Gasteiger partial charge in [0.05, 0.1) is 25.4 Å². The van der Waals surface area contributed by atoms with Gasteiger partial charge in [0.15, 0.2) is 25.0 Å². The maximum atomic E-state index is 13.0. The summed E-state index contributed by atoms with van der Waals surface area (Å²) in [7, 11) is -11.7. The van der Waals surface area contributed by atoms with Gasteiger partial charge in [0, 0.05) is 6.92 Å². The topological polar surface area (TPSA) is 322 Å². The van der Waals surface area contributed by atoms with E-state index in [4.69, 9.17) is 37.5 Å². The van der Waals surface area contributed by atoms with Gasteiger partial charge in [0.2, 0.25) is 0 Å². The van der Waals surface area contributed by atoms with Crippen molar-refractivity contribution in [1.29, 1.82) is 0 Å². The summed E-state index contributed by atoms with van der Waals surface area (Å²) in [5.74, 6) is -0.982. The van der Waals surface area contributed by atoms with Gasteiger partial charge in [-0.1, -0.05) is 128 Å². The molecule has 98 heavy (non-hydrogen) atoms. The molecule has 0 radical (unpaired) electrons. The molecular formula is C75H122O21P2-2. The molecule has 3 heterocycles. The zero-order chi connectivity index (χ0) is 73.3. The second-order valence-corrected chi connectivity index (χ2v) is 30.2. The van der Waals surface area contributed by atoms with Crippen molar-refractivity contribution in [2.75, 3.05) is 13.2 Å². The van der Waals surface area contributed by atoms with Crippen LogP contribution in [0.2, 0.25) is 0 Å². The summed E-state index contributed by atoms with van der Waals surface area (Å²) in [6, 6.07) is 0. The predicted molar refractivity (Wildman–Crippen MR) is 378 cm³/mol. The SMILES string of the molecule is C/C=C(/C)CC/C=C(/C)CC/C=C(/C)CC/C=C(/C)CC/C=C(/C)CC/C=C(/C)CC/C=C(/C)CC/C=C(/C)CC/C=C(\C)CC/C=C(\C)CC/C=C(\C)COP(=O)([O-])OP(=O)([O-])O[C@H]1O[C@H](CO)[C@@H](O)[C@H](O[C@@H]2O[C@@H](C)[C@@H](O[C@@H]3O[C@@H](C)[C@@H](O)[C@@H](O)[C@@H]3O)[C@@H](O)[C@@H]2OC(C)=O)[C@H]1O. The Morgan fingerprint density at radius 3 is 1.10 bits per heavy atom. The highest BCUT2D eigenvalue weighted by atomic mass is 31.3. The molecule has 0 spiro atoms. The largest absolute Gasteiger partial charge is 0.756 e. The van der Waals surface area contributed by atoms with Crippen LogP contribution in [0.1, 0.15) is 232 Å². The Balaban J connectivity index is 1.34. The summed E-state index contributed by atoms with van der Waals surface area (Å²) in [5.41, 5.74) is 14.6. The minimum absolute atomic E-state index is 0.450. The maximum Gasteiger partial charge on any atom is 0.303 e. The van der Waals surface area contributed by atoms with E-state index in [1.165, 1.54) is 64.0 Å². The molecule has 0 amide bonds. The number of aliphatic hydroxyl groups is 7. The zero-order valence-corrected chi connectivity index (χ0v) is 63.1. The second kappa shape index (κ2) is 46.2. The summed E-state index contributed by atoms with van der Waals surface area (Å²) in [5, 5.41) is 74.6. The van der Waals surface area contributed by atoms with Crippen LogP contribution < -0.4 is 9.79 Å². The molecule has 0 aliphatic carbocycles. The molecule has 0 aromatic rings. The van der Waals surface area contributed by atoms with Crippen molar-refractivity contribution < 1.29 is 101 Å². The molecule has 7 N–H and O–H groups in total. The number of ether oxygens (including phenoxy) is 6. The standard InChI is InChI=1S/C75H124O21P2/c1-16-49(2)27-17-28-50(3)29-18-30-51(4)31-19-32-52(5)33-20-34-53(6)35-21-36-54(7)37-22-38-55(8)39-23-40-56(9)41-24-42-57(10)43-25-44-58(11)45-26-46-59(12)48-88-97(84,85)96-98(86,87)95-74-69(83)71(65(79)63(47-76)92-74)94-75-72(91-62(15)77)68(82)70(61(14)90-75)93-73-67(81)66(80)64(78)60(13)89-73/h16,28,30,32,34,36,38,40,42,44,46,60-61,63-76,78-83H,17-27,29,31,33,35,37,39,41,43,45,47-48H2,1-15H3,(H,84,85)(H,86,87)/p-2/b49-16-,50-28-,51-30-,52-32-,53-34-,54-36-,55-38-,56-40-,57-42+,58-44+,59-46+/t60-,61-,63+,64+,65+,66+,67-,68+,69+,70+,71-,72-,73-,74+,75-/m0/s1. The van der Waals surface area contributed by atoms with Crippen LogP contribution in [0, 0.1) is 0 Å². The van der Waals surface area contributed by atoms with E-state index in [1.54, 1.807) is 13.0 Å². The number of phosphoric acid groups is 2. The number of phosphoric ester groups is 2. The van der Waals surface area contributed by atoms with Crippen LogP contribution in [-0.4, -0.2) is 147 Å². The summed E-state index contributed by atoms with van der Waals surface area (Å²) in [4.78, 5) is 38.0. The van der Waals surface area contributed by atoms with Gasteiger partial charge in [0.1, 0.15) is 54.9 Å². The third-order valence-electron chi connectivity index (χ3n) is 18.0. The van der Waals surface area contributed by atoms with Gasteiger partial charge < -0.3 is 78.5 Å².